The number of amides is 1. The van der Waals surface area contributed by atoms with Gasteiger partial charge in [-0.25, -0.2) is 0 Å². The van der Waals surface area contributed by atoms with E-state index in [1.807, 2.05) is 13.8 Å². The Kier molecular flexibility index (Phi) is 5.22. The van der Waals surface area contributed by atoms with Gasteiger partial charge in [-0.3, -0.25) is 9.59 Å². The van der Waals surface area contributed by atoms with Crippen LogP contribution in [0.5, 0.6) is 0 Å². The minimum Gasteiger partial charge on any atom is -0.393 e. The molecule has 1 saturated carbocycles. The zero-order valence-electron chi connectivity index (χ0n) is 13.0. The first-order valence-electron chi connectivity index (χ1n) is 7.49. The third-order valence-electron chi connectivity index (χ3n) is 4.48. The van der Waals surface area contributed by atoms with E-state index in [0.717, 1.165) is 29.8 Å². The number of aryl methyl sites for hydroxylation is 1. The molecule has 0 spiro atoms. The molecule has 0 saturated heterocycles. The molecule has 2 atom stereocenters. The Labute approximate surface area is 129 Å². The zero-order valence-corrected chi connectivity index (χ0v) is 13.8. The van der Waals surface area contributed by atoms with Crippen molar-refractivity contribution in [3.8, 4) is 0 Å². The SMILES string of the molecule is Cc1sc(=O)n(CCC(=O)N(C)CC2CCCC2O)c1C. The fourth-order valence-electron chi connectivity index (χ4n) is 2.93. The quantitative estimate of drug-likeness (QED) is 0.897. The summed E-state index contributed by atoms with van der Waals surface area (Å²) < 4.78 is 1.68. The van der Waals surface area contributed by atoms with Crippen LogP contribution in [0.25, 0.3) is 0 Å². The first-order valence-corrected chi connectivity index (χ1v) is 8.30. The fraction of sp³-hybridized carbons (Fsp3) is 0.733. The lowest BCUT2D eigenvalue weighted by atomic mass is 10.1. The molecule has 5 nitrogen and oxygen atoms in total. The Morgan fingerprint density at radius 1 is 1.43 bits per heavy atom. The van der Waals surface area contributed by atoms with Crippen LogP contribution in [0.3, 0.4) is 0 Å². The molecule has 1 N–H and O–H groups in total. The lowest BCUT2D eigenvalue weighted by Gasteiger charge is -2.23. The smallest absolute Gasteiger partial charge is 0.307 e. The highest BCUT2D eigenvalue weighted by molar-refractivity contribution is 7.09. The van der Waals surface area contributed by atoms with Gasteiger partial charge in [0.05, 0.1) is 6.10 Å². The predicted octanol–water partition coefficient (Wildman–Crippen LogP) is 1.54. The van der Waals surface area contributed by atoms with E-state index in [-0.39, 0.29) is 22.8 Å². The second-order valence-corrected chi connectivity index (χ2v) is 7.11. The predicted molar refractivity (Wildman–Crippen MR) is 83.7 cm³/mol. The number of aliphatic hydroxyl groups excluding tert-OH is 1. The van der Waals surface area contributed by atoms with E-state index >= 15 is 0 Å². The lowest BCUT2D eigenvalue weighted by molar-refractivity contribution is -0.131. The monoisotopic (exact) mass is 312 g/mol. The summed E-state index contributed by atoms with van der Waals surface area (Å²) in [5.74, 6) is 0.232. The molecule has 118 valence electrons. The van der Waals surface area contributed by atoms with E-state index in [4.69, 9.17) is 0 Å². The first-order chi connectivity index (χ1) is 9.90. The molecule has 1 aliphatic carbocycles. The normalized spacial score (nSPS) is 21.7. The third-order valence-corrected chi connectivity index (χ3v) is 5.47. The van der Waals surface area contributed by atoms with Gasteiger partial charge in [-0.1, -0.05) is 17.8 Å². The van der Waals surface area contributed by atoms with Crippen LogP contribution in [0.15, 0.2) is 4.79 Å². The summed E-state index contributed by atoms with van der Waals surface area (Å²) in [7, 11) is 1.78. The molecule has 0 radical (unpaired) electrons. The standard InChI is InChI=1S/C15H24N2O3S/c1-10-11(2)21-15(20)17(10)8-7-14(19)16(3)9-12-5-4-6-13(12)18/h12-13,18H,4-9H2,1-3H3. The zero-order chi connectivity index (χ0) is 15.6. The van der Waals surface area contributed by atoms with E-state index in [1.54, 1.807) is 16.5 Å². The van der Waals surface area contributed by atoms with Gasteiger partial charge in [0.25, 0.3) is 0 Å². The molecule has 21 heavy (non-hydrogen) atoms. The van der Waals surface area contributed by atoms with E-state index in [9.17, 15) is 14.7 Å². The minimum absolute atomic E-state index is 0.00617. The van der Waals surface area contributed by atoms with Gasteiger partial charge in [-0.05, 0) is 26.7 Å². The molecule has 6 heteroatoms. The van der Waals surface area contributed by atoms with Gasteiger partial charge in [0.15, 0.2) is 0 Å². The largest absolute Gasteiger partial charge is 0.393 e. The Bertz CT molecular complexity index is 564. The van der Waals surface area contributed by atoms with Gasteiger partial charge < -0.3 is 14.6 Å². The van der Waals surface area contributed by atoms with Crippen molar-refractivity contribution in [3.05, 3.63) is 20.2 Å². The second kappa shape index (κ2) is 6.75. The van der Waals surface area contributed by atoms with Crippen molar-refractivity contribution in [2.45, 2.75) is 52.2 Å². The van der Waals surface area contributed by atoms with Crippen molar-refractivity contribution in [2.24, 2.45) is 5.92 Å². The summed E-state index contributed by atoms with van der Waals surface area (Å²) in [6, 6.07) is 0. The highest BCUT2D eigenvalue weighted by Gasteiger charge is 2.27. The fourth-order valence-corrected chi connectivity index (χ4v) is 3.79. The van der Waals surface area contributed by atoms with Crippen molar-refractivity contribution in [1.29, 1.82) is 0 Å². The number of thiazole rings is 1. The number of nitrogens with zero attached hydrogens (tertiary/aromatic N) is 2. The van der Waals surface area contributed by atoms with Crippen LogP contribution in [0.2, 0.25) is 0 Å². The summed E-state index contributed by atoms with van der Waals surface area (Å²) >= 11 is 1.23. The average Bonchev–Trinajstić information content (AvgIpc) is 2.93. The van der Waals surface area contributed by atoms with Gasteiger partial charge >= 0.3 is 4.87 Å². The summed E-state index contributed by atoms with van der Waals surface area (Å²) in [4.78, 5) is 26.7. The molecule has 1 aromatic rings. The number of aromatic nitrogens is 1. The Balaban J connectivity index is 1.87. The van der Waals surface area contributed by atoms with Gasteiger partial charge in [-0.15, -0.1) is 0 Å². The van der Waals surface area contributed by atoms with E-state index < -0.39 is 0 Å². The molecule has 1 aliphatic rings. The highest BCUT2D eigenvalue weighted by Crippen LogP contribution is 2.26. The molecule has 1 heterocycles. The maximum Gasteiger partial charge on any atom is 0.307 e. The summed E-state index contributed by atoms with van der Waals surface area (Å²) in [5, 5.41) is 9.82. The number of rotatable bonds is 5. The molecule has 2 unspecified atom stereocenters. The van der Waals surface area contributed by atoms with Crippen LogP contribution in [0, 0.1) is 19.8 Å². The van der Waals surface area contributed by atoms with Crippen LogP contribution in [-0.2, 0) is 11.3 Å². The molecule has 1 amide bonds. The molecular formula is C15H24N2O3S. The van der Waals surface area contributed by atoms with Crippen molar-refractivity contribution >= 4 is 17.2 Å². The topological polar surface area (TPSA) is 62.5 Å². The van der Waals surface area contributed by atoms with Crippen molar-refractivity contribution in [3.63, 3.8) is 0 Å². The Morgan fingerprint density at radius 3 is 2.67 bits per heavy atom. The van der Waals surface area contributed by atoms with Gasteiger partial charge in [0.1, 0.15) is 0 Å². The van der Waals surface area contributed by atoms with Gasteiger partial charge in [0, 0.05) is 43.0 Å². The highest BCUT2D eigenvalue weighted by atomic mass is 32.1. The Morgan fingerprint density at radius 2 is 2.14 bits per heavy atom. The number of hydrogen-bond acceptors (Lipinski definition) is 4. The van der Waals surface area contributed by atoms with Crippen LogP contribution >= 0.6 is 11.3 Å². The molecule has 1 fully saturated rings. The second-order valence-electron chi connectivity index (χ2n) is 5.94. The number of carbonyl (C=O) groups is 1. The summed E-state index contributed by atoms with van der Waals surface area (Å²) in [6.07, 6.45) is 2.92. The number of aliphatic hydroxyl groups is 1. The van der Waals surface area contributed by atoms with Crippen LogP contribution < -0.4 is 4.87 Å². The molecule has 1 aromatic heterocycles. The van der Waals surface area contributed by atoms with Crippen LogP contribution in [-0.4, -0.2) is 40.2 Å². The molecule has 2 rings (SSSR count). The maximum absolute atomic E-state index is 12.2. The molecule has 0 bridgehead atoms. The number of carbonyl (C=O) groups excluding carboxylic acids is 1. The Hall–Kier alpha value is -1.14. The van der Waals surface area contributed by atoms with Crippen molar-refractivity contribution < 1.29 is 9.90 Å². The molecule has 0 aliphatic heterocycles. The van der Waals surface area contributed by atoms with E-state index in [0.29, 0.717) is 19.5 Å². The van der Waals surface area contributed by atoms with Crippen molar-refractivity contribution in [2.75, 3.05) is 13.6 Å². The van der Waals surface area contributed by atoms with Crippen LogP contribution in [0.4, 0.5) is 0 Å². The summed E-state index contributed by atoms with van der Waals surface area (Å²) in [6.45, 7) is 4.88. The van der Waals surface area contributed by atoms with Gasteiger partial charge in [-0.2, -0.15) is 0 Å². The third kappa shape index (κ3) is 3.74. The minimum atomic E-state index is -0.273. The van der Waals surface area contributed by atoms with E-state index in [2.05, 4.69) is 0 Å². The average molecular weight is 312 g/mol. The van der Waals surface area contributed by atoms with Crippen LogP contribution in [0.1, 0.15) is 36.3 Å². The van der Waals surface area contributed by atoms with E-state index in [1.165, 1.54) is 11.3 Å². The lowest BCUT2D eigenvalue weighted by Crippen LogP contribution is -2.35. The molecule has 0 aromatic carbocycles. The maximum atomic E-state index is 12.2. The summed E-state index contributed by atoms with van der Waals surface area (Å²) in [5.41, 5.74) is 0.951. The number of hydrogen-bond donors (Lipinski definition) is 1. The van der Waals surface area contributed by atoms with Crippen molar-refractivity contribution in [1.82, 2.24) is 9.47 Å². The molecular weight excluding hydrogens is 288 g/mol. The first kappa shape index (κ1) is 16.2. The van der Waals surface area contributed by atoms with Gasteiger partial charge in [0.2, 0.25) is 5.91 Å².